The number of carbonyl (C=O) groups excluding carboxylic acids is 1. The average Bonchev–Trinajstić information content (AvgIpc) is 2.36. The number of hydrogen-bond acceptors (Lipinski definition) is 6. The molecule has 0 aliphatic rings. The van der Waals surface area contributed by atoms with Crippen molar-refractivity contribution in [3.8, 4) is 0 Å². The highest BCUT2D eigenvalue weighted by Crippen LogP contribution is 1.99. The summed E-state index contributed by atoms with van der Waals surface area (Å²) in [6.07, 6.45) is 1.54. The molecule has 0 amide bonds. The number of carbonyl (C=O) groups is 1. The Morgan fingerprint density at radius 3 is 2.24 bits per heavy atom. The van der Waals surface area contributed by atoms with Crippen molar-refractivity contribution < 1.29 is 28.8 Å². The van der Waals surface area contributed by atoms with Gasteiger partial charge in [0.1, 0.15) is 6.61 Å². The highest BCUT2D eigenvalue weighted by Gasteiger charge is 2.08. The van der Waals surface area contributed by atoms with Gasteiger partial charge in [0.15, 0.2) is 5.76 Å². The van der Waals surface area contributed by atoms with Gasteiger partial charge in [-0.05, 0) is 13.0 Å². The van der Waals surface area contributed by atoms with Crippen LogP contribution >= 0.6 is 0 Å². The summed E-state index contributed by atoms with van der Waals surface area (Å²) in [7, 11) is 1.30. The van der Waals surface area contributed by atoms with Crippen LogP contribution < -0.4 is 0 Å². The number of aliphatic hydroxyl groups excluding tert-OH is 1. The fraction of sp³-hybridized carbons (Fsp3) is 0.727. The van der Waals surface area contributed by atoms with Crippen LogP contribution in [-0.2, 0) is 23.7 Å². The second-order valence-corrected chi connectivity index (χ2v) is 2.94. The van der Waals surface area contributed by atoms with Crippen LogP contribution in [0.1, 0.15) is 6.92 Å². The number of aliphatic hydroxyl groups is 1. The van der Waals surface area contributed by atoms with Crippen molar-refractivity contribution in [2.45, 2.75) is 6.92 Å². The molecule has 1 N–H and O–H groups in total. The molecule has 0 saturated carbocycles. The Balaban J connectivity index is 3.41. The van der Waals surface area contributed by atoms with Gasteiger partial charge in [0.05, 0.1) is 40.1 Å². The highest BCUT2D eigenvalue weighted by molar-refractivity contribution is 5.85. The molecule has 0 radical (unpaired) electrons. The van der Waals surface area contributed by atoms with Crippen molar-refractivity contribution in [2.75, 3.05) is 46.8 Å². The summed E-state index contributed by atoms with van der Waals surface area (Å²) >= 11 is 0. The molecule has 0 rings (SSSR count). The Morgan fingerprint density at radius 2 is 1.71 bits per heavy atom. The minimum Gasteiger partial charge on any atom is -0.484 e. The molecule has 0 heterocycles. The highest BCUT2D eigenvalue weighted by atomic mass is 16.6. The Labute approximate surface area is 101 Å². The molecule has 0 spiro atoms. The van der Waals surface area contributed by atoms with Crippen LogP contribution in [0.15, 0.2) is 11.8 Å². The minimum absolute atomic E-state index is 0.00684. The van der Waals surface area contributed by atoms with Gasteiger partial charge in [0.25, 0.3) is 0 Å². The summed E-state index contributed by atoms with van der Waals surface area (Å²) in [4.78, 5) is 11.1. The van der Waals surface area contributed by atoms with Crippen molar-refractivity contribution in [3.63, 3.8) is 0 Å². The van der Waals surface area contributed by atoms with Gasteiger partial charge < -0.3 is 24.1 Å². The van der Waals surface area contributed by atoms with Gasteiger partial charge in [-0.25, -0.2) is 4.79 Å². The lowest BCUT2D eigenvalue weighted by molar-refractivity contribution is -0.140. The molecule has 0 fully saturated rings. The molecule has 6 nitrogen and oxygen atoms in total. The second-order valence-electron chi connectivity index (χ2n) is 2.94. The molecule has 0 aromatic rings. The quantitative estimate of drug-likeness (QED) is 0.256. The largest absolute Gasteiger partial charge is 0.484 e. The maximum Gasteiger partial charge on any atom is 0.372 e. The Bertz CT molecular complexity index is 226. The second kappa shape index (κ2) is 11.4. The molecular formula is C11H20O6. The first-order valence-electron chi connectivity index (χ1n) is 5.40. The third kappa shape index (κ3) is 8.67. The fourth-order valence-electron chi connectivity index (χ4n) is 0.958. The van der Waals surface area contributed by atoms with E-state index < -0.39 is 5.97 Å². The maximum absolute atomic E-state index is 11.1. The molecule has 0 aromatic heterocycles. The Kier molecular flexibility index (Phi) is 10.6. The maximum atomic E-state index is 11.1. The van der Waals surface area contributed by atoms with Crippen LogP contribution in [-0.4, -0.2) is 57.8 Å². The van der Waals surface area contributed by atoms with E-state index >= 15 is 0 Å². The van der Waals surface area contributed by atoms with E-state index in [9.17, 15) is 4.79 Å². The average molecular weight is 248 g/mol. The Morgan fingerprint density at radius 1 is 1.12 bits per heavy atom. The molecule has 0 aliphatic carbocycles. The summed E-state index contributed by atoms with van der Waals surface area (Å²) < 4.78 is 19.8. The SMILES string of the molecule is CC=C(OCCOCCOCCO)C(=O)OC. The topological polar surface area (TPSA) is 74.2 Å². The van der Waals surface area contributed by atoms with Crippen LogP contribution in [0, 0.1) is 0 Å². The summed E-state index contributed by atoms with van der Waals surface area (Å²) in [6, 6.07) is 0. The van der Waals surface area contributed by atoms with E-state index in [1.54, 1.807) is 6.92 Å². The molecule has 0 unspecified atom stereocenters. The molecule has 0 aromatic carbocycles. The predicted molar refractivity (Wildman–Crippen MR) is 60.4 cm³/mol. The minimum atomic E-state index is -0.501. The first kappa shape index (κ1) is 15.9. The number of esters is 1. The zero-order chi connectivity index (χ0) is 12.9. The van der Waals surface area contributed by atoms with Crippen LogP contribution in [0.25, 0.3) is 0 Å². The molecule has 100 valence electrons. The first-order chi connectivity index (χ1) is 8.26. The zero-order valence-electron chi connectivity index (χ0n) is 10.3. The molecule has 17 heavy (non-hydrogen) atoms. The Hall–Kier alpha value is -1.11. The third-order valence-electron chi connectivity index (χ3n) is 1.74. The smallest absolute Gasteiger partial charge is 0.372 e. The monoisotopic (exact) mass is 248 g/mol. The fourth-order valence-corrected chi connectivity index (χ4v) is 0.958. The number of ether oxygens (including phenoxy) is 4. The van der Waals surface area contributed by atoms with Crippen LogP contribution in [0.2, 0.25) is 0 Å². The molecule has 6 heteroatoms. The van der Waals surface area contributed by atoms with Crippen molar-refractivity contribution >= 4 is 5.97 Å². The summed E-state index contributed by atoms with van der Waals surface area (Å²) in [5.74, 6) is -0.327. The predicted octanol–water partition coefficient (Wildman–Crippen LogP) is 0.105. The standard InChI is InChI=1S/C11H20O6/c1-3-10(11(13)14-2)17-9-8-16-7-6-15-5-4-12/h3,12H,4-9H2,1-2H3. The molecular weight excluding hydrogens is 228 g/mol. The van der Waals surface area contributed by atoms with Crippen LogP contribution in [0.4, 0.5) is 0 Å². The van der Waals surface area contributed by atoms with E-state index in [0.717, 1.165) is 0 Å². The van der Waals surface area contributed by atoms with Gasteiger partial charge in [-0.3, -0.25) is 0 Å². The zero-order valence-corrected chi connectivity index (χ0v) is 10.3. The number of hydrogen-bond donors (Lipinski definition) is 1. The van der Waals surface area contributed by atoms with Crippen molar-refractivity contribution in [3.05, 3.63) is 11.8 Å². The third-order valence-corrected chi connectivity index (χ3v) is 1.74. The number of allylic oxidation sites excluding steroid dienone is 1. The van der Waals surface area contributed by atoms with Crippen molar-refractivity contribution in [2.24, 2.45) is 0 Å². The lowest BCUT2D eigenvalue weighted by atomic mass is 10.4. The van der Waals surface area contributed by atoms with Gasteiger partial charge in [-0.2, -0.15) is 0 Å². The van der Waals surface area contributed by atoms with Crippen molar-refractivity contribution in [1.82, 2.24) is 0 Å². The normalized spacial score (nSPS) is 11.4. The molecule has 0 bridgehead atoms. The van der Waals surface area contributed by atoms with Crippen molar-refractivity contribution in [1.29, 1.82) is 0 Å². The van der Waals surface area contributed by atoms with E-state index in [2.05, 4.69) is 4.74 Å². The van der Waals surface area contributed by atoms with E-state index in [1.807, 2.05) is 0 Å². The summed E-state index contributed by atoms with van der Waals surface area (Å²) in [6.45, 7) is 3.49. The summed E-state index contributed by atoms with van der Waals surface area (Å²) in [5.41, 5.74) is 0. The number of rotatable bonds is 10. The van der Waals surface area contributed by atoms with E-state index in [0.29, 0.717) is 26.4 Å². The van der Waals surface area contributed by atoms with E-state index in [-0.39, 0.29) is 19.0 Å². The first-order valence-corrected chi connectivity index (χ1v) is 5.40. The van der Waals surface area contributed by atoms with Crippen LogP contribution in [0.5, 0.6) is 0 Å². The van der Waals surface area contributed by atoms with E-state index in [4.69, 9.17) is 19.3 Å². The van der Waals surface area contributed by atoms with Gasteiger partial charge >= 0.3 is 5.97 Å². The van der Waals surface area contributed by atoms with E-state index in [1.165, 1.54) is 13.2 Å². The van der Waals surface area contributed by atoms with Gasteiger partial charge in [-0.1, -0.05) is 0 Å². The number of methoxy groups -OCH3 is 1. The molecule has 0 saturated heterocycles. The van der Waals surface area contributed by atoms with Gasteiger partial charge in [0.2, 0.25) is 0 Å². The lowest BCUT2D eigenvalue weighted by Crippen LogP contribution is -2.13. The summed E-state index contributed by atoms with van der Waals surface area (Å²) in [5, 5.41) is 8.43. The van der Waals surface area contributed by atoms with Gasteiger partial charge in [0, 0.05) is 0 Å². The molecule has 0 aliphatic heterocycles. The lowest BCUT2D eigenvalue weighted by Gasteiger charge is -2.08. The molecule has 0 atom stereocenters. The van der Waals surface area contributed by atoms with Crippen LogP contribution in [0.3, 0.4) is 0 Å². The van der Waals surface area contributed by atoms with Gasteiger partial charge in [-0.15, -0.1) is 0 Å².